The molecule has 0 bridgehead atoms. The van der Waals surface area contributed by atoms with Gasteiger partial charge in [0.1, 0.15) is 0 Å². The molecule has 1 amide bonds. The van der Waals surface area contributed by atoms with Crippen molar-refractivity contribution in [2.24, 2.45) is 0 Å². The molecule has 0 aromatic rings. The standard InChI is InChI=1S/C14H28N4O2/c1-17-6-8-18(9-7-17)5-3-4-15-14(19)13-10-12(20-2)11-16-13/h12-13,16H,3-11H2,1-2H3,(H,15,19). The number of nitrogens with one attached hydrogen (secondary N) is 2. The quantitative estimate of drug-likeness (QED) is 0.620. The van der Waals surface area contributed by atoms with E-state index in [0.29, 0.717) is 0 Å². The van der Waals surface area contributed by atoms with Gasteiger partial charge in [0.05, 0.1) is 12.1 Å². The van der Waals surface area contributed by atoms with Crippen LogP contribution in [0.2, 0.25) is 0 Å². The number of rotatable bonds is 6. The Labute approximate surface area is 121 Å². The van der Waals surface area contributed by atoms with Crippen molar-refractivity contribution in [3.63, 3.8) is 0 Å². The van der Waals surface area contributed by atoms with Crippen molar-refractivity contribution >= 4 is 5.91 Å². The molecule has 6 heteroatoms. The number of likely N-dealkylation sites (N-methyl/N-ethyl adjacent to an activating group) is 1. The molecule has 2 saturated heterocycles. The Balaban J connectivity index is 1.53. The van der Waals surface area contributed by atoms with E-state index in [0.717, 1.165) is 58.7 Å². The fourth-order valence-corrected chi connectivity index (χ4v) is 2.79. The van der Waals surface area contributed by atoms with Gasteiger partial charge in [0.25, 0.3) is 0 Å². The van der Waals surface area contributed by atoms with Gasteiger partial charge in [-0.2, -0.15) is 0 Å². The summed E-state index contributed by atoms with van der Waals surface area (Å²) in [6, 6.07) is -0.0800. The van der Waals surface area contributed by atoms with E-state index in [9.17, 15) is 4.79 Å². The van der Waals surface area contributed by atoms with Crippen LogP contribution in [0.25, 0.3) is 0 Å². The third-order valence-corrected chi connectivity index (χ3v) is 4.29. The molecule has 0 aromatic carbocycles. The van der Waals surface area contributed by atoms with Crippen LogP contribution in [0.4, 0.5) is 0 Å². The molecule has 0 spiro atoms. The summed E-state index contributed by atoms with van der Waals surface area (Å²) in [5.74, 6) is 0.114. The number of carbonyl (C=O) groups excluding carboxylic acids is 1. The highest BCUT2D eigenvalue weighted by Gasteiger charge is 2.28. The van der Waals surface area contributed by atoms with Crippen molar-refractivity contribution in [2.75, 3.05) is 60.0 Å². The summed E-state index contributed by atoms with van der Waals surface area (Å²) in [4.78, 5) is 16.8. The van der Waals surface area contributed by atoms with Gasteiger partial charge in [-0.3, -0.25) is 4.79 Å². The smallest absolute Gasteiger partial charge is 0.237 e. The largest absolute Gasteiger partial charge is 0.380 e. The molecule has 0 aliphatic carbocycles. The highest BCUT2D eigenvalue weighted by Crippen LogP contribution is 2.09. The Kier molecular flexibility index (Phi) is 6.22. The van der Waals surface area contributed by atoms with Gasteiger partial charge in [-0.1, -0.05) is 0 Å². The van der Waals surface area contributed by atoms with E-state index in [4.69, 9.17) is 4.74 Å². The molecule has 2 rings (SSSR count). The molecule has 20 heavy (non-hydrogen) atoms. The van der Waals surface area contributed by atoms with Crippen LogP contribution in [0.15, 0.2) is 0 Å². The maximum Gasteiger partial charge on any atom is 0.237 e. The number of piperazine rings is 1. The Bertz CT molecular complexity index is 306. The van der Waals surface area contributed by atoms with Crippen LogP contribution in [0, 0.1) is 0 Å². The van der Waals surface area contributed by atoms with Crippen LogP contribution < -0.4 is 10.6 Å². The van der Waals surface area contributed by atoms with E-state index in [1.807, 2.05) is 0 Å². The molecular formula is C14H28N4O2. The summed E-state index contributed by atoms with van der Waals surface area (Å²) in [5, 5.41) is 6.22. The summed E-state index contributed by atoms with van der Waals surface area (Å²) in [6.07, 6.45) is 1.98. The molecule has 2 fully saturated rings. The predicted octanol–water partition coefficient (Wildman–Crippen LogP) is -0.883. The summed E-state index contributed by atoms with van der Waals surface area (Å²) in [7, 11) is 3.86. The monoisotopic (exact) mass is 284 g/mol. The Morgan fingerprint density at radius 2 is 2.10 bits per heavy atom. The Hall–Kier alpha value is -0.690. The molecule has 2 atom stereocenters. The minimum absolute atomic E-state index is 0.0800. The zero-order chi connectivity index (χ0) is 14.4. The molecule has 2 unspecified atom stereocenters. The van der Waals surface area contributed by atoms with E-state index in [-0.39, 0.29) is 18.1 Å². The van der Waals surface area contributed by atoms with Crippen LogP contribution in [0.5, 0.6) is 0 Å². The van der Waals surface area contributed by atoms with Crippen LogP contribution in [0.1, 0.15) is 12.8 Å². The van der Waals surface area contributed by atoms with E-state index >= 15 is 0 Å². The normalized spacial score (nSPS) is 28.7. The van der Waals surface area contributed by atoms with E-state index in [2.05, 4.69) is 27.5 Å². The third-order valence-electron chi connectivity index (χ3n) is 4.29. The molecule has 2 heterocycles. The lowest BCUT2D eigenvalue weighted by molar-refractivity contribution is -0.122. The number of hydrogen-bond acceptors (Lipinski definition) is 5. The molecule has 116 valence electrons. The Morgan fingerprint density at radius 1 is 1.35 bits per heavy atom. The Morgan fingerprint density at radius 3 is 2.75 bits per heavy atom. The molecule has 0 saturated carbocycles. The van der Waals surface area contributed by atoms with Gasteiger partial charge in [0.15, 0.2) is 0 Å². The first-order valence-electron chi connectivity index (χ1n) is 7.64. The van der Waals surface area contributed by atoms with Gasteiger partial charge in [-0.05, 0) is 26.4 Å². The van der Waals surface area contributed by atoms with Gasteiger partial charge in [-0.25, -0.2) is 0 Å². The summed E-state index contributed by atoms with van der Waals surface area (Å²) in [5.41, 5.74) is 0. The number of ether oxygens (including phenoxy) is 1. The number of carbonyl (C=O) groups is 1. The zero-order valence-corrected chi connectivity index (χ0v) is 12.7. The summed E-state index contributed by atoms with van der Waals surface area (Å²) in [6.45, 7) is 7.20. The van der Waals surface area contributed by atoms with Gasteiger partial charge >= 0.3 is 0 Å². The topological polar surface area (TPSA) is 56.8 Å². The maximum atomic E-state index is 12.0. The van der Waals surface area contributed by atoms with E-state index in [1.165, 1.54) is 0 Å². The van der Waals surface area contributed by atoms with Crippen LogP contribution in [-0.2, 0) is 9.53 Å². The fourth-order valence-electron chi connectivity index (χ4n) is 2.79. The van der Waals surface area contributed by atoms with Crippen LogP contribution in [0.3, 0.4) is 0 Å². The highest BCUT2D eigenvalue weighted by atomic mass is 16.5. The second-order valence-electron chi connectivity index (χ2n) is 5.84. The lowest BCUT2D eigenvalue weighted by Crippen LogP contribution is -2.45. The number of amides is 1. The van der Waals surface area contributed by atoms with Crippen molar-refractivity contribution in [1.82, 2.24) is 20.4 Å². The number of nitrogens with zero attached hydrogens (tertiary/aromatic N) is 2. The molecule has 2 N–H and O–H groups in total. The average Bonchev–Trinajstić information content (AvgIpc) is 2.94. The van der Waals surface area contributed by atoms with Gasteiger partial charge < -0.3 is 25.2 Å². The van der Waals surface area contributed by atoms with Gasteiger partial charge in [0.2, 0.25) is 5.91 Å². The second kappa shape index (κ2) is 7.93. The first-order valence-corrected chi connectivity index (χ1v) is 7.64. The van der Waals surface area contributed by atoms with Crippen molar-refractivity contribution in [3.8, 4) is 0 Å². The lowest BCUT2D eigenvalue weighted by atomic mass is 10.2. The summed E-state index contributed by atoms with van der Waals surface area (Å²) < 4.78 is 5.25. The molecule has 2 aliphatic rings. The molecule has 2 aliphatic heterocycles. The highest BCUT2D eigenvalue weighted by molar-refractivity contribution is 5.82. The molecule has 0 aromatic heterocycles. The predicted molar refractivity (Wildman–Crippen MR) is 78.8 cm³/mol. The number of methoxy groups -OCH3 is 1. The van der Waals surface area contributed by atoms with Crippen molar-refractivity contribution in [1.29, 1.82) is 0 Å². The average molecular weight is 284 g/mol. The minimum Gasteiger partial charge on any atom is -0.380 e. The van der Waals surface area contributed by atoms with Gasteiger partial charge in [0, 0.05) is 46.4 Å². The fraction of sp³-hybridized carbons (Fsp3) is 0.929. The third kappa shape index (κ3) is 4.70. The molecule has 0 radical (unpaired) electrons. The first-order chi connectivity index (χ1) is 9.69. The summed E-state index contributed by atoms with van der Waals surface area (Å²) >= 11 is 0. The van der Waals surface area contributed by atoms with E-state index < -0.39 is 0 Å². The van der Waals surface area contributed by atoms with Crippen molar-refractivity contribution in [2.45, 2.75) is 25.0 Å². The zero-order valence-electron chi connectivity index (χ0n) is 12.7. The maximum absolute atomic E-state index is 12.0. The first kappa shape index (κ1) is 15.7. The number of hydrogen-bond donors (Lipinski definition) is 2. The van der Waals surface area contributed by atoms with Gasteiger partial charge in [-0.15, -0.1) is 0 Å². The van der Waals surface area contributed by atoms with Crippen LogP contribution in [-0.4, -0.2) is 87.8 Å². The van der Waals surface area contributed by atoms with Crippen LogP contribution >= 0.6 is 0 Å². The second-order valence-corrected chi connectivity index (χ2v) is 5.84. The lowest BCUT2D eigenvalue weighted by Gasteiger charge is -2.32. The molecular weight excluding hydrogens is 256 g/mol. The van der Waals surface area contributed by atoms with E-state index in [1.54, 1.807) is 7.11 Å². The van der Waals surface area contributed by atoms with Crippen molar-refractivity contribution in [3.05, 3.63) is 0 Å². The molecule has 6 nitrogen and oxygen atoms in total. The minimum atomic E-state index is -0.0800. The SMILES string of the molecule is COC1CNC(C(=O)NCCCN2CCN(C)CC2)C1. The van der Waals surface area contributed by atoms with Crippen molar-refractivity contribution < 1.29 is 9.53 Å².